The molecule has 4 heteroatoms. The lowest BCUT2D eigenvalue weighted by Gasteiger charge is -2.27. The third-order valence-electron chi connectivity index (χ3n) is 5.79. The van der Waals surface area contributed by atoms with Crippen LogP contribution in [0, 0.1) is 41.4 Å². The van der Waals surface area contributed by atoms with Gasteiger partial charge in [0.1, 0.15) is 5.76 Å². The van der Waals surface area contributed by atoms with Crippen molar-refractivity contribution in [1.82, 2.24) is 0 Å². The summed E-state index contributed by atoms with van der Waals surface area (Å²) in [6, 6.07) is 0. The maximum atomic E-state index is 11.3. The molecule has 20 heavy (non-hydrogen) atoms. The van der Waals surface area contributed by atoms with Crippen LogP contribution in [0.2, 0.25) is 0 Å². The lowest BCUT2D eigenvalue weighted by Crippen LogP contribution is -2.29. The summed E-state index contributed by atoms with van der Waals surface area (Å²) in [4.78, 5) is 11.3. The van der Waals surface area contributed by atoms with E-state index in [1.165, 1.54) is 6.92 Å². The molecule has 3 fully saturated rings. The minimum atomic E-state index is -0.254. The Bertz CT molecular complexity index is 429. The molecular formula is C16H24O4. The normalized spacial score (nSPS) is 44.1. The molecule has 0 aliphatic heterocycles. The molecule has 0 aromatic carbocycles. The number of carbonyl (C=O) groups is 1. The van der Waals surface area contributed by atoms with Crippen LogP contribution in [0.1, 0.15) is 27.2 Å². The summed E-state index contributed by atoms with van der Waals surface area (Å²) in [5.41, 5.74) is 1.07. The van der Waals surface area contributed by atoms with E-state index in [2.05, 4.69) is 0 Å². The molecule has 3 aliphatic carbocycles. The monoisotopic (exact) mass is 280 g/mol. The fourth-order valence-corrected chi connectivity index (χ4v) is 5.20. The number of ether oxygens (including phenoxy) is 1. The maximum Gasteiger partial charge on any atom is 0.307 e. The van der Waals surface area contributed by atoms with Crippen LogP contribution in [0.15, 0.2) is 11.3 Å². The number of rotatable bonds is 4. The second-order valence-electron chi connectivity index (χ2n) is 6.89. The fraction of sp³-hybridized carbons (Fsp3) is 0.812. The average Bonchev–Trinajstić information content (AvgIpc) is 2.86. The van der Waals surface area contributed by atoms with Crippen molar-refractivity contribution in [2.45, 2.75) is 27.2 Å². The molecule has 112 valence electrons. The van der Waals surface area contributed by atoms with Crippen molar-refractivity contribution in [3.8, 4) is 0 Å². The lowest BCUT2D eigenvalue weighted by atomic mass is 9.80. The van der Waals surface area contributed by atoms with Gasteiger partial charge in [-0.15, -0.1) is 0 Å². The highest BCUT2D eigenvalue weighted by Crippen LogP contribution is 2.74. The summed E-state index contributed by atoms with van der Waals surface area (Å²) in [5.74, 6) is 3.45. The van der Waals surface area contributed by atoms with Gasteiger partial charge in [0.15, 0.2) is 0 Å². The molecular weight excluding hydrogens is 256 g/mol. The minimum Gasteiger partial charge on any atom is -0.431 e. The van der Waals surface area contributed by atoms with Crippen molar-refractivity contribution in [2.75, 3.05) is 13.2 Å². The summed E-state index contributed by atoms with van der Waals surface area (Å²) < 4.78 is 5.45. The van der Waals surface area contributed by atoms with Crippen LogP contribution in [0.25, 0.3) is 0 Å². The molecule has 0 aromatic rings. The smallest absolute Gasteiger partial charge is 0.307 e. The SMILES string of the molecule is CC(=O)OC(=C(C)C)C1[C@@H]2[C@@H]3C[C@@H]([C@H](CO)[C@@H]3CO)[C@H]12. The van der Waals surface area contributed by atoms with Crippen LogP contribution in [0.4, 0.5) is 0 Å². The Morgan fingerprint density at radius 2 is 1.55 bits per heavy atom. The molecule has 1 unspecified atom stereocenters. The van der Waals surface area contributed by atoms with Gasteiger partial charge in [-0.3, -0.25) is 4.79 Å². The Morgan fingerprint density at radius 1 is 1.05 bits per heavy atom. The molecule has 0 spiro atoms. The third kappa shape index (κ3) is 1.85. The Hall–Kier alpha value is -0.870. The van der Waals surface area contributed by atoms with Crippen molar-refractivity contribution in [2.24, 2.45) is 41.4 Å². The molecule has 0 heterocycles. The van der Waals surface area contributed by atoms with Crippen LogP contribution < -0.4 is 0 Å². The van der Waals surface area contributed by atoms with Gasteiger partial charge in [-0.1, -0.05) is 0 Å². The summed E-state index contributed by atoms with van der Waals surface area (Å²) in [5, 5.41) is 19.2. The number of allylic oxidation sites excluding steroid dienone is 2. The van der Waals surface area contributed by atoms with Gasteiger partial charge in [-0.05, 0) is 61.3 Å². The van der Waals surface area contributed by atoms with Crippen molar-refractivity contribution in [3.63, 3.8) is 0 Å². The predicted octanol–water partition coefficient (Wildman–Crippen LogP) is 1.57. The molecule has 0 amide bonds. The van der Waals surface area contributed by atoms with E-state index < -0.39 is 0 Å². The Kier molecular flexibility index (Phi) is 3.41. The minimum absolute atomic E-state index is 0.167. The second kappa shape index (κ2) is 4.85. The van der Waals surface area contributed by atoms with Gasteiger partial charge < -0.3 is 14.9 Å². The molecule has 3 saturated carbocycles. The highest BCUT2D eigenvalue weighted by molar-refractivity contribution is 5.67. The summed E-state index contributed by atoms with van der Waals surface area (Å²) >= 11 is 0. The van der Waals surface area contributed by atoms with E-state index in [0.717, 1.165) is 17.8 Å². The quantitative estimate of drug-likeness (QED) is 0.606. The Labute approximate surface area is 119 Å². The number of carbonyl (C=O) groups excluding carboxylic acids is 1. The Morgan fingerprint density at radius 3 is 1.90 bits per heavy atom. The molecule has 0 saturated heterocycles. The number of fused-ring (bicyclic) bond motifs is 5. The first-order chi connectivity index (χ1) is 9.51. The van der Waals surface area contributed by atoms with E-state index in [0.29, 0.717) is 29.6 Å². The standard InChI is InChI=1S/C16H24O4/c1-7(2)16(20-8(3)19)15-13-9-4-10(14(13)15)12(6-18)11(9)5-17/h9-15,17-18H,4-6H2,1-3H3/t9-,10+,11-,12+,13-,14+,15?. The highest BCUT2D eigenvalue weighted by atomic mass is 16.5. The van der Waals surface area contributed by atoms with Crippen molar-refractivity contribution >= 4 is 5.97 Å². The first-order valence-corrected chi connectivity index (χ1v) is 7.58. The number of hydrogen-bond donors (Lipinski definition) is 2. The molecule has 3 rings (SSSR count). The molecule has 7 atom stereocenters. The molecule has 0 radical (unpaired) electrons. The van der Waals surface area contributed by atoms with E-state index >= 15 is 0 Å². The first-order valence-electron chi connectivity index (χ1n) is 7.58. The summed E-state index contributed by atoms with van der Waals surface area (Å²) in [6.07, 6.45) is 1.12. The van der Waals surface area contributed by atoms with Gasteiger partial charge >= 0.3 is 5.97 Å². The van der Waals surface area contributed by atoms with Gasteiger partial charge in [0.25, 0.3) is 0 Å². The zero-order valence-electron chi connectivity index (χ0n) is 12.4. The van der Waals surface area contributed by atoms with E-state index in [1.807, 2.05) is 13.8 Å². The Balaban J connectivity index is 1.82. The lowest BCUT2D eigenvalue weighted by molar-refractivity contribution is -0.137. The highest BCUT2D eigenvalue weighted by Gasteiger charge is 2.71. The second-order valence-corrected chi connectivity index (χ2v) is 6.89. The van der Waals surface area contributed by atoms with E-state index in [9.17, 15) is 15.0 Å². The molecule has 3 aliphatic rings. The zero-order valence-corrected chi connectivity index (χ0v) is 12.4. The number of hydrogen-bond acceptors (Lipinski definition) is 4. The molecule has 2 bridgehead atoms. The van der Waals surface area contributed by atoms with Gasteiger partial charge in [0.2, 0.25) is 0 Å². The van der Waals surface area contributed by atoms with Crippen molar-refractivity contribution in [1.29, 1.82) is 0 Å². The van der Waals surface area contributed by atoms with Gasteiger partial charge in [-0.25, -0.2) is 0 Å². The average molecular weight is 280 g/mol. The van der Waals surface area contributed by atoms with E-state index in [1.54, 1.807) is 0 Å². The van der Waals surface area contributed by atoms with Crippen LogP contribution in [-0.2, 0) is 9.53 Å². The van der Waals surface area contributed by atoms with Crippen LogP contribution >= 0.6 is 0 Å². The molecule has 2 N–H and O–H groups in total. The molecule has 4 nitrogen and oxygen atoms in total. The van der Waals surface area contributed by atoms with Gasteiger partial charge in [0, 0.05) is 26.1 Å². The summed E-state index contributed by atoms with van der Waals surface area (Å²) in [7, 11) is 0. The largest absolute Gasteiger partial charge is 0.431 e. The van der Waals surface area contributed by atoms with E-state index in [4.69, 9.17) is 4.74 Å². The fourth-order valence-electron chi connectivity index (χ4n) is 5.20. The van der Waals surface area contributed by atoms with Gasteiger partial charge in [-0.2, -0.15) is 0 Å². The first kappa shape index (κ1) is 14.1. The van der Waals surface area contributed by atoms with Crippen LogP contribution in [-0.4, -0.2) is 29.4 Å². The third-order valence-corrected chi connectivity index (χ3v) is 5.79. The predicted molar refractivity (Wildman–Crippen MR) is 73.4 cm³/mol. The summed E-state index contributed by atoms with van der Waals surface area (Å²) in [6.45, 7) is 5.76. The number of aliphatic hydroxyl groups is 2. The molecule has 0 aromatic heterocycles. The maximum absolute atomic E-state index is 11.3. The van der Waals surface area contributed by atoms with Gasteiger partial charge in [0.05, 0.1) is 0 Å². The number of aliphatic hydroxyl groups excluding tert-OH is 2. The van der Waals surface area contributed by atoms with Crippen molar-refractivity contribution in [3.05, 3.63) is 11.3 Å². The van der Waals surface area contributed by atoms with E-state index in [-0.39, 0.29) is 31.0 Å². The number of esters is 1. The topological polar surface area (TPSA) is 66.8 Å². The zero-order chi connectivity index (χ0) is 14.6. The van der Waals surface area contributed by atoms with Crippen LogP contribution in [0.5, 0.6) is 0 Å². The van der Waals surface area contributed by atoms with Crippen LogP contribution in [0.3, 0.4) is 0 Å². The van der Waals surface area contributed by atoms with Crippen molar-refractivity contribution < 1.29 is 19.7 Å².